The fraction of sp³-hybridized carbons (Fsp3) is 0.118. The van der Waals surface area contributed by atoms with Gasteiger partial charge in [0.15, 0.2) is 0 Å². The van der Waals surface area contributed by atoms with E-state index in [9.17, 15) is 0 Å². The molecule has 0 spiro atoms. The molecule has 3 rings (SSSR count). The molecule has 0 radical (unpaired) electrons. The summed E-state index contributed by atoms with van der Waals surface area (Å²) in [5.41, 5.74) is 7.70. The molecule has 0 fully saturated rings. The van der Waals surface area contributed by atoms with Gasteiger partial charge in [-0.1, -0.05) is 42.2 Å². The van der Waals surface area contributed by atoms with E-state index < -0.39 is 0 Å². The maximum Gasteiger partial charge on any atom is 0.0772 e. The largest absolute Gasteiger partial charge is 0.320 e. The highest BCUT2D eigenvalue weighted by Gasteiger charge is 2.03. The molecule has 0 amide bonds. The highest BCUT2D eigenvalue weighted by Crippen LogP contribution is 2.20. The molecule has 0 aliphatic rings. The van der Waals surface area contributed by atoms with E-state index in [0.717, 1.165) is 17.0 Å². The van der Waals surface area contributed by atoms with Gasteiger partial charge < -0.3 is 5.73 Å². The van der Waals surface area contributed by atoms with E-state index in [0.29, 0.717) is 6.54 Å². The molecule has 2 N–H and O–H groups in total. The summed E-state index contributed by atoms with van der Waals surface area (Å²) >= 11 is 1.68. The van der Waals surface area contributed by atoms with Crippen LogP contribution in [0.3, 0.4) is 0 Å². The third-order valence-corrected chi connectivity index (χ3v) is 4.02. The lowest BCUT2D eigenvalue weighted by molar-refractivity contribution is 0.695. The molecule has 0 saturated heterocycles. The van der Waals surface area contributed by atoms with Crippen LogP contribution in [0.5, 0.6) is 0 Å². The first kappa shape index (κ1) is 13.6. The van der Waals surface area contributed by atoms with Crippen LogP contribution in [0.2, 0.25) is 0 Å². The van der Waals surface area contributed by atoms with Gasteiger partial charge in [-0.25, -0.2) is 0 Å². The van der Waals surface area contributed by atoms with Crippen molar-refractivity contribution in [1.29, 1.82) is 0 Å². The summed E-state index contributed by atoms with van der Waals surface area (Å²) in [7, 11) is 0. The maximum atomic E-state index is 5.38. The highest BCUT2D eigenvalue weighted by molar-refractivity contribution is 7.12. The van der Waals surface area contributed by atoms with E-state index >= 15 is 0 Å². The summed E-state index contributed by atoms with van der Waals surface area (Å²) in [6.45, 7) is 1.16. The fourth-order valence-electron chi connectivity index (χ4n) is 2.06. The zero-order chi connectivity index (χ0) is 14.5. The number of thiophene rings is 1. The second-order valence-corrected chi connectivity index (χ2v) is 5.73. The molecule has 4 heteroatoms. The van der Waals surface area contributed by atoms with E-state index in [1.807, 2.05) is 35.1 Å². The van der Waals surface area contributed by atoms with Crippen LogP contribution in [0.25, 0.3) is 11.1 Å². The molecule has 2 heterocycles. The van der Waals surface area contributed by atoms with E-state index in [-0.39, 0.29) is 0 Å². The van der Waals surface area contributed by atoms with Crippen molar-refractivity contribution < 1.29 is 0 Å². The van der Waals surface area contributed by atoms with Gasteiger partial charge in [-0.05, 0) is 17.7 Å². The predicted molar refractivity (Wildman–Crippen MR) is 87.0 cm³/mol. The standard InChI is InChI=1S/C17H15N3S/c18-10-4-7-16-8-9-17(21-16)13-20-12-15(11-19-20)14-5-2-1-3-6-14/h1-3,5-6,8-9,11-12H,10,13,18H2. The zero-order valence-electron chi connectivity index (χ0n) is 11.5. The molecule has 0 atom stereocenters. The van der Waals surface area contributed by atoms with Gasteiger partial charge in [-0.15, -0.1) is 11.3 Å². The monoisotopic (exact) mass is 293 g/mol. The lowest BCUT2D eigenvalue weighted by Gasteiger charge is -1.97. The molecule has 104 valence electrons. The van der Waals surface area contributed by atoms with Crippen LogP contribution < -0.4 is 5.73 Å². The maximum absolute atomic E-state index is 5.38. The van der Waals surface area contributed by atoms with Crippen LogP contribution in [0, 0.1) is 11.8 Å². The van der Waals surface area contributed by atoms with Crippen LogP contribution in [0.4, 0.5) is 0 Å². The van der Waals surface area contributed by atoms with Crippen LogP contribution in [0.15, 0.2) is 54.9 Å². The molecule has 3 nitrogen and oxygen atoms in total. The summed E-state index contributed by atoms with van der Waals surface area (Å²) in [6.07, 6.45) is 3.97. The van der Waals surface area contributed by atoms with Crippen LogP contribution >= 0.6 is 11.3 Å². The number of benzene rings is 1. The Hall–Kier alpha value is -2.35. The average molecular weight is 293 g/mol. The summed E-state index contributed by atoms with van der Waals surface area (Å²) in [5, 5.41) is 4.43. The Balaban J connectivity index is 1.74. The molecule has 3 aromatic rings. The van der Waals surface area contributed by atoms with Crippen molar-refractivity contribution in [3.05, 3.63) is 64.6 Å². The second kappa shape index (κ2) is 6.40. The topological polar surface area (TPSA) is 43.8 Å². The molecule has 0 bridgehead atoms. The fourth-order valence-corrected chi connectivity index (χ4v) is 2.93. The smallest absolute Gasteiger partial charge is 0.0772 e. The van der Waals surface area contributed by atoms with E-state index in [4.69, 9.17) is 5.73 Å². The minimum atomic E-state index is 0.396. The van der Waals surface area contributed by atoms with Crippen molar-refractivity contribution in [3.8, 4) is 23.0 Å². The molecule has 0 aliphatic carbocycles. The minimum Gasteiger partial charge on any atom is -0.320 e. The number of hydrogen-bond donors (Lipinski definition) is 1. The number of nitrogens with two attached hydrogens (primary N) is 1. The van der Waals surface area contributed by atoms with Crippen molar-refractivity contribution in [2.24, 2.45) is 5.73 Å². The van der Waals surface area contributed by atoms with Gasteiger partial charge in [-0.3, -0.25) is 4.68 Å². The number of nitrogens with zero attached hydrogens (tertiary/aromatic N) is 2. The molecule has 21 heavy (non-hydrogen) atoms. The Morgan fingerprint density at radius 2 is 1.95 bits per heavy atom. The molecule has 0 saturated carbocycles. The van der Waals surface area contributed by atoms with Gasteiger partial charge in [0.05, 0.1) is 24.2 Å². The molecule has 2 aromatic heterocycles. The molecular weight excluding hydrogens is 278 g/mol. The second-order valence-electron chi connectivity index (χ2n) is 4.56. The Labute approximate surface area is 128 Å². The Morgan fingerprint density at radius 1 is 1.10 bits per heavy atom. The summed E-state index contributed by atoms with van der Waals surface area (Å²) in [5.74, 6) is 5.93. The van der Waals surface area contributed by atoms with E-state index in [1.165, 1.54) is 10.4 Å². The first-order valence-electron chi connectivity index (χ1n) is 6.70. The van der Waals surface area contributed by atoms with Gasteiger partial charge in [0, 0.05) is 16.6 Å². The van der Waals surface area contributed by atoms with Crippen molar-refractivity contribution >= 4 is 11.3 Å². The summed E-state index contributed by atoms with van der Waals surface area (Å²) in [4.78, 5) is 2.28. The van der Waals surface area contributed by atoms with Crippen molar-refractivity contribution in [1.82, 2.24) is 9.78 Å². The number of hydrogen-bond acceptors (Lipinski definition) is 3. The van der Waals surface area contributed by atoms with Crippen molar-refractivity contribution in [2.75, 3.05) is 6.54 Å². The van der Waals surface area contributed by atoms with Gasteiger partial charge >= 0.3 is 0 Å². The minimum absolute atomic E-state index is 0.396. The van der Waals surface area contributed by atoms with E-state index in [1.54, 1.807) is 11.3 Å². The van der Waals surface area contributed by atoms with Crippen molar-refractivity contribution in [3.63, 3.8) is 0 Å². The lowest BCUT2D eigenvalue weighted by Crippen LogP contribution is -1.97. The molecular formula is C17H15N3S. The van der Waals surface area contributed by atoms with Gasteiger partial charge in [0.2, 0.25) is 0 Å². The quantitative estimate of drug-likeness (QED) is 0.755. The summed E-state index contributed by atoms with van der Waals surface area (Å²) in [6, 6.07) is 14.4. The number of rotatable bonds is 3. The third kappa shape index (κ3) is 3.40. The van der Waals surface area contributed by atoms with E-state index in [2.05, 4.69) is 41.3 Å². The SMILES string of the molecule is NCC#Cc1ccc(Cn2cc(-c3ccccc3)cn2)s1. The highest BCUT2D eigenvalue weighted by atomic mass is 32.1. The first-order valence-corrected chi connectivity index (χ1v) is 7.52. The number of aromatic nitrogens is 2. The summed E-state index contributed by atoms with van der Waals surface area (Å²) < 4.78 is 1.95. The lowest BCUT2D eigenvalue weighted by atomic mass is 10.1. The predicted octanol–water partition coefficient (Wildman–Crippen LogP) is 2.97. The molecule has 0 aliphatic heterocycles. The Kier molecular flexibility index (Phi) is 4.15. The van der Waals surface area contributed by atoms with Crippen LogP contribution in [0.1, 0.15) is 9.75 Å². The van der Waals surface area contributed by atoms with Crippen LogP contribution in [-0.4, -0.2) is 16.3 Å². The third-order valence-electron chi connectivity index (χ3n) is 3.03. The average Bonchev–Trinajstić information content (AvgIpc) is 3.16. The van der Waals surface area contributed by atoms with Gasteiger partial charge in [0.25, 0.3) is 0 Å². The van der Waals surface area contributed by atoms with Crippen LogP contribution in [-0.2, 0) is 6.54 Å². The van der Waals surface area contributed by atoms with Gasteiger partial charge in [0.1, 0.15) is 0 Å². The van der Waals surface area contributed by atoms with Crippen molar-refractivity contribution in [2.45, 2.75) is 6.54 Å². The Morgan fingerprint density at radius 3 is 2.76 bits per heavy atom. The normalized spacial score (nSPS) is 10.1. The zero-order valence-corrected chi connectivity index (χ0v) is 12.3. The molecule has 0 unspecified atom stereocenters. The molecule has 1 aromatic carbocycles. The van der Waals surface area contributed by atoms with Gasteiger partial charge in [-0.2, -0.15) is 5.10 Å². The Bertz CT molecular complexity index is 775. The first-order chi connectivity index (χ1) is 10.3.